The molecular formula is C11H16FN5O4. The van der Waals surface area contributed by atoms with Crippen LogP contribution in [0.4, 0.5) is 21.8 Å². The highest BCUT2D eigenvalue weighted by Gasteiger charge is 2.49. The number of hydrogen-bond acceptors (Lipinski definition) is 9. The summed E-state index contributed by atoms with van der Waals surface area (Å²) in [6.07, 6.45) is -2.16. The lowest BCUT2D eigenvalue weighted by Gasteiger charge is -2.28. The van der Waals surface area contributed by atoms with Crippen LogP contribution in [-0.2, 0) is 9.47 Å². The summed E-state index contributed by atoms with van der Waals surface area (Å²) in [5, 5.41) is 19.7. The number of rotatable bonds is 3. The minimum Gasteiger partial charge on any atom is -0.394 e. The van der Waals surface area contributed by atoms with E-state index in [4.69, 9.17) is 15.2 Å². The molecule has 9 nitrogen and oxygen atoms in total. The van der Waals surface area contributed by atoms with E-state index in [1.54, 1.807) is 0 Å². The predicted molar refractivity (Wildman–Crippen MR) is 69.9 cm³/mol. The van der Waals surface area contributed by atoms with Crippen LogP contribution in [0.2, 0.25) is 0 Å². The number of nitrogens with zero attached hydrogens (tertiary/aromatic N) is 4. The second kappa shape index (κ2) is 5.22. The van der Waals surface area contributed by atoms with Gasteiger partial charge in [-0.3, -0.25) is 0 Å². The van der Waals surface area contributed by atoms with Crippen molar-refractivity contribution in [2.45, 2.75) is 24.5 Å². The minimum absolute atomic E-state index is 0.0104. The van der Waals surface area contributed by atoms with Crippen LogP contribution in [-0.4, -0.2) is 65.1 Å². The van der Waals surface area contributed by atoms with Crippen LogP contribution in [0, 0.1) is 0 Å². The van der Waals surface area contributed by atoms with Crippen molar-refractivity contribution in [2.24, 2.45) is 0 Å². The molecule has 0 bridgehead atoms. The fraction of sp³-hybridized carbons (Fsp3) is 0.636. The Morgan fingerprint density at radius 2 is 2.33 bits per heavy atom. The molecule has 0 amide bonds. The van der Waals surface area contributed by atoms with E-state index in [9.17, 15) is 14.7 Å². The summed E-state index contributed by atoms with van der Waals surface area (Å²) < 4.78 is 24.8. The average molecular weight is 301 g/mol. The van der Waals surface area contributed by atoms with Gasteiger partial charge in [0, 0.05) is 7.11 Å². The van der Waals surface area contributed by atoms with E-state index in [1.165, 1.54) is 18.3 Å². The van der Waals surface area contributed by atoms with E-state index in [-0.39, 0.29) is 30.6 Å². The number of halogens is 1. The number of fused-ring (bicyclic) bond motifs is 1. The average Bonchev–Trinajstić information content (AvgIpc) is 2.97. The first-order chi connectivity index (χ1) is 10.1. The Labute approximate surface area is 119 Å². The fourth-order valence-electron chi connectivity index (χ4n) is 2.67. The van der Waals surface area contributed by atoms with Gasteiger partial charge in [-0.25, -0.2) is 9.97 Å². The molecule has 2 aliphatic heterocycles. The lowest BCUT2D eigenvalue weighted by Crippen LogP contribution is -2.46. The number of hydrogen-bond donors (Lipinski definition) is 3. The molecule has 0 radical (unpaired) electrons. The van der Waals surface area contributed by atoms with Crippen LogP contribution in [0.15, 0.2) is 6.33 Å². The van der Waals surface area contributed by atoms with Gasteiger partial charge < -0.3 is 30.3 Å². The second-order valence-corrected chi connectivity index (χ2v) is 4.84. The summed E-state index contributed by atoms with van der Waals surface area (Å²) in [5.74, 6) is 0.263. The standard InChI is InChI=1S/C11H16FN5O4/c1-20-8-7(19)5(2-18)21-11(8)16-4-17(12)6-9(13)14-3-15-10(6)16/h3,5,7-8,11,18-19H,2,4H2,1H3,(H2,13,14,15)/t5-,7?,8?,11-/m1/s1. The third-order valence-electron chi connectivity index (χ3n) is 3.69. The quantitative estimate of drug-likeness (QED) is 0.580. The van der Waals surface area contributed by atoms with E-state index < -0.39 is 24.5 Å². The lowest BCUT2D eigenvalue weighted by molar-refractivity contribution is -0.0230. The first kappa shape index (κ1) is 14.2. The summed E-state index contributed by atoms with van der Waals surface area (Å²) in [6.45, 7) is -0.558. The summed E-state index contributed by atoms with van der Waals surface area (Å²) >= 11 is 0. The topological polar surface area (TPSA) is 117 Å². The maximum absolute atomic E-state index is 14.0. The molecule has 1 aromatic heterocycles. The van der Waals surface area contributed by atoms with Crippen LogP contribution >= 0.6 is 0 Å². The zero-order valence-corrected chi connectivity index (χ0v) is 11.3. The molecule has 10 heteroatoms. The Hall–Kier alpha value is -1.75. The normalized spacial score (nSPS) is 31.8. The van der Waals surface area contributed by atoms with E-state index in [2.05, 4.69) is 9.97 Å². The van der Waals surface area contributed by atoms with E-state index in [0.29, 0.717) is 5.12 Å². The highest BCUT2D eigenvalue weighted by Crippen LogP contribution is 2.41. The number of ether oxygens (including phenoxy) is 2. The van der Waals surface area contributed by atoms with Crippen LogP contribution in [0.3, 0.4) is 0 Å². The maximum atomic E-state index is 14.0. The number of anilines is 3. The number of aliphatic hydroxyl groups is 2. The molecule has 2 unspecified atom stereocenters. The van der Waals surface area contributed by atoms with Gasteiger partial charge in [-0.05, 0) is 0 Å². The molecule has 1 aromatic rings. The van der Waals surface area contributed by atoms with E-state index in [1.807, 2.05) is 0 Å². The molecule has 1 saturated heterocycles. The minimum atomic E-state index is -1.03. The summed E-state index contributed by atoms with van der Waals surface area (Å²) in [6, 6.07) is 0. The summed E-state index contributed by atoms with van der Waals surface area (Å²) in [4.78, 5) is 9.23. The molecule has 3 rings (SSSR count). The number of aromatic nitrogens is 2. The molecular weight excluding hydrogens is 285 g/mol. The SMILES string of the molecule is COC1C(O)[C@@H](CO)O[C@H]1N1CN(F)c2c(N)ncnc21. The molecule has 21 heavy (non-hydrogen) atoms. The molecule has 1 fully saturated rings. The van der Waals surface area contributed by atoms with Gasteiger partial charge >= 0.3 is 0 Å². The third-order valence-corrected chi connectivity index (χ3v) is 3.69. The number of aliphatic hydroxyl groups excluding tert-OH is 2. The van der Waals surface area contributed by atoms with Crippen molar-refractivity contribution in [1.29, 1.82) is 0 Å². The van der Waals surface area contributed by atoms with Crippen molar-refractivity contribution in [1.82, 2.24) is 9.97 Å². The van der Waals surface area contributed by atoms with Crippen molar-refractivity contribution >= 4 is 17.3 Å². The zero-order valence-electron chi connectivity index (χ0n) is 11.3. The molecule has 4 N–H and O–H groups in total. The van der Waals surface area contributed by atoms with Gasteiger partial charge in [-0.15, -0.1) is 0 Å². The highest BCUT2D eigenvalue weighted by atomic mass is 19.2. The second-order valence-electron chi connectivity index (χ2n) is 4.84. The summed E-state index contributed by atoms with van der Waals surface area (Å²) in [5.41, 5.74) is 5.70. The lowest BCUT2D eigenvalue weighted by atomic mass is 10.1. The Morgan fingerprint density at radius 3 is 3.00 bits per heavy atom. The van der Waals surface area contributed by atoms with Crippen molar-refractivity contribution in [3.63, 3.8) is 0 Å². The van der Waals surface area contributed by atoms with Crippen LogP contribution in [0.25, 0.3) is 0 Å². The van der Waals surface area contributed by atoms with Gasteiger partial charge in [0.15, 0.2) is 23.6 Å². The highest BCUT2D eigenvalue weighted by molar-refractivity contribution is 5.80. The number of nitrogen functional groups attached to an aromatic ring is 1. The van der Waals surface area contributed by atoms with Gasteiger partial charge in [0.05, 0.1) is 6.61 Å². The first-order valence-corrected chi connectivity index (χ1v) is 6.36. The van der Waals surface area contributed by atoms with Crippen molar-refractivity contribution in [3.05, 3.63) is 6.33 Å². The monoisotopic (exact) mass is 301 g/mol. The van der Waals surface area contributed by atoms with Crippen molar-refractivity contribution < 1.29 is 24.2 Å². The first-order valence-electron chi connectivity index (χ1n) is 6.36. The number of methoxy groups -OCH3 is 1. The third kappa shape index (κ3) is 2.07. The van der Waals surface area contributed by atoms with Gasteiger partial charge in [-0.1, -0.05) is 4.48 Å². The smallest absolute Gasteiger partial charge is 0.164 e. The van der Waals surface area contributed by atoms with Crippen molar-refractivity contribution in [3.8, 4) is 0 Å². The molecule has 3 heterocycles. The largest absolute Gasteiger partial charge is 0.394 e. The number of nitrogens with two attached hydrogens (primary N) is 1. The Kier molecular flexibility index (Phi) is 3.53. The molecule has 2 aliphatic rings. The van der Waals surface area contributed by atoms with Gasteiger partial charge in [0.2, 0.25) is 0 Å². The molecule has 116 valence electrons. The van der Waals surface area contributed by atoms with Crippen molar-refractivity contribution in [2.75, 3.05) is 36.1 Å². The molecule has 0 saturated carbocycles. The maximum Gasteiger partial charge on any atom is 0.164 e. The van der Waals surface area contributed by atoms with Gasteiger partial charge in [-0.2, -0.15) is 5.12 Å². The molecule has 0 aromatic carbocycles. The fourth-order valence-corrected chi connectivity index (χ4v) is 2.67. The summed E-state index contributed by atoms with van der Waals surface area (Å²) in [7, 11) is 1.41. The molecule has 0 aliphatic carbocycles. The van der Waals surface area contributed by atoms with Crippen LogP contribution in [0.5, 0.6) is 0 Å². The zero-order chi connectivity index (χ0) is 15.1. The molecule has 0 spiro atoms. The van der Waals surface area contributed by atoms with Gasteiger partial charge in [0.1, 0.15) is 31.3 Å². The predicted octanol–water partition coefficient (Wildman–Crippen LogP) is -1.38. The van der Waals surface area contributed by atoms with Gasteiger partial charge in [0.25, 0.3) is 0 Å². The van der Waals surface area contributed by atoms with E-state index in [0.717, 1.165) is 0 Å². The Morgan fingerprint density at radius 1 is 1.57 bits per heavy atom. The van der Waals surface area contributed by atoms with E-state index >= 15 is 0 Å². The van der Waals surface area contributed by atoms with Crippen LogP contribution < -0.4 is 15.8 Å². The Bertz CT molecular complexity index is 535. The molecule has 4 atom stereocenters. The Balaban J connectivity index is 1.94. The van der Waals surface area contributed by atoms with Crippen LogP contribution in [0.1, 0.15) is 0 Å².